The highest BCUT2D eigenvalue weighted by molar-refractivity contribution is 5.78. The van der Waals surface area contributed by atoms with Crippen molar-refractivity contribution in [2.45, 2.75) is 26.3 Å². The van der Waals surface area contributed by atoms with Crippen LogP contribution in [0.1, 0.15) is 31.0 Å². The van der Waals surface area contributed by atoms with Crippen molar-refractivity contribution in [2.24, 2.45) is 0 Å². The van der Waals surface area contributed by atoms with E-state index in [4.69, 9.17) is 4.74 Å². The van der Waals surface area contributed by atoms with Gasteiger partial charge in [0.1, 0.15) is 11.6 Å². The molecule has 3 nitrogen and oxygen atoms in total. The molecule has 4 heteroatoms. The molecule has 2 rings (SSSR count). The number of ether oxygens (including phenoxy) is 1. The first-order valence-electron chi connectivity index (χ1n) is 7.35. The number of hydrogen-bond acceptors (Lipinski definition) is 2. The first-order valence-corrected chi connectivity index (χ1v) is 7.35. The highest BCUT2D eigenvalue weighted by Crippen LogP contribution is 2.15. The molecule has 0 spiro atoms. The fourth-order valence-corrected chi connectivity index (χ4v) is 2.12. The number of rotatable bonds is 6. The third-order valence-electron chi connectivity index (χ3n) is 3.42. The van der Waals surface area contributed by atoms with E-state index in [0.717, 1.165) is 17.5 Å². The van der Waals surface area contributed by atoms with Gasteiger partial charge in [-0.15, -0.1) is 0 Å². The van der Waals surface area contributed by atoms with E-state index in [1.54, 1.807) is 12.1 Å². The average molecular weight is 301 g/mol. The molecule has 1 atom stereocenters. The van der Waals surface area contributed by atoms with E-state index in [2.05, 4.69) is 12.2 Å². The van der Waals surface area contributed by atoms with Gasteiger partial charge in [-0.1, -0.05) is 31.2 Å². The summed E-state index contributed by atoms with van der Waals surface area (Å²) in [5.74, 6) is 0.184. The van der Waals surface area contributed by atoms with Gasteiger partial charge in [-0.2, -0.15) is 0 Å². The number of carbonyl (C=O) groups is 1. The zero-order chi connectivity index (χ0) is 15.9. The molecule has 0 saturated carbocycles. The second-order valence-electron chi connectivity index (χ2n) is 5.13. The molecule has 0 bridgehead atoms. The molecule has 1 amide bonds. The van der Waals surface area contributed by atoms with Crippen LogP contribution in [0.5, 0.6) is 5.75 Å². The largest absolute Gasteiger partial charge is 0.484 e. The van der Waals surface area contributed by atoms with Gasteiger partial charge >= 0.3 is 0 Å². The Morgan fingerprint density at radius 3 is 2.64 bits per heavy atom. The summed E-state index contributed by atoms with van der Waals surface area (Å²) in [4.78, 5) is 11.9. The smallest absolute Gasteiger partial charge is 0.258 e. The van der Waals surface area contributed by atoms with Gasteiger partial charge in [0.15, 0.2) is 6.61 Å². The van der Waals surface area contributed by atoms with Gasteiger partial charge in [0.2, 0.25) is 0 Å². The predicted molar refractivity (Wildman–Crippen MR) is 84.3 cm³/mol. The van der Waals surface area contributed by atoms with Crippen LogP contribution in [0.2, 0.25) is 0 Å². The lowest BCUT2D eigenvalue weighted by atomic mass is 10.1. The van der Waals surface area contributed by atoms with Crippen LogP contribution >= 0.6 is 0 Å². The van der Waals surface area contributed by atoms with Crippen LogP contribution in [0.15, 0.2) is 48.5 Å². The van der Waals surface area contributed by atoms with Crippen LogP contribution in [-0.2, 0) is 11.2 Å². The van der Waals surface area contributed by atoms with Crippen molar-refractivity contribution in [1.29, 1.82) is 0 Å². The predicted octanol–water partition coefficient (Wildman–Crippen LogP) is 3.64. The second kappa shape index (κ2) is 7.59. The number of benzene rings is 2. The number of amides is 1. The summed E-state index contributed by atoms with van der Waals surface area (Å²) in [7, 11) is 0. The lowest BCUT2D eigenvalue weighted by Gasteiger charge is -2.15. The highest BCUT2D eigenvalue weighted by atomic mass is 19.1. The molecule has 22 heavy (non-hydrogen) atoms. The Morgan fingerprint density at radius 1 is 1.23 bits per heavy atom. The molecule has 0 aliphatic rings. The fraction of sp³-hybridized carbons (Fsp3) is 0.278. The van der Waals surface area contributed by atoms with Crippen molar-refractivity contribution in [3.05, 3.63) is 65.5 Å². The van der Waals surface area contributed by atoms with Crippen LogP contribution < -0.4 is 10.1 Å². The van der Waals surface area contributed by atoms with Crippen LogP contribution in [0.25, 0.3) is 0 Å². The molecule has 2 aromatic rings. The van der Waals surface area contributed by atoms with Gasteiger partial charge in [0, 0.05) is 0 Å². The van der Waals surface area contributed by atoms with Crippen LogP contribution in [-0.4, -0.2) is 12.5 Å². The average Bonchev–Trinajstić information content (AvgIpc) is 2.53. The van der Waals surface area contributed by atoms with E-state index in [-0.39, 0.29) is 24.4 Å². The van der Waals surface area contributed by atoms with E-state index in [1.807, 2.05) is 31.2 Å². The first kappa shape index (κ1) is 16.0. The molecular formula is C18H20FNO2. The summed E-state index contributed by atoms with van der Waals surface area (Å²) in [5.41, 5.74) is 2.01. The van der Waals surface area contributed by atoms with Crippen molar-refractivity contribution in [3.8, 4) is 5.75 Å². The maximum atomic E-state index is 12.9. The highest BCUT2D eigenvalue weighted by Gasteiger charge is 2.10. The molecule has 0 radical (unpaired) electrons. The van der Waals surface area contributed by atoms with Gasteiger partial charge in [0.05, 0.1) is 6.04 Å². The number of carbonyl (C=O) groups excluding carboxylic acids is 1. The molecule has 0 fully saturated rings. The van der Waals surface area contributed by atoms with E-state index >= 15 is 0 Å². The summed E-state index contributed by atoms with van der Waals surface area (Å²) < 4.78 is 18.4. The number of halogens is 1. The van der Waals surface area contributed by atoms with Crippen molar-refractivity contribution in [2.75, 3.05) is 6.61 Å². The van der Waals surface area contributed by atoms with Crippen LogP contribution in [0, 0.1) is 5.82 Å². The Hall–Kier alpha value is -2.36. The Bertz CT molecular complexity index is 625. The Morgan fingerprint density at radius 2 is 1.95 bits per heavy atom. The molecular weight excluding hydrogens is 281 g/mol. The third-order valence-corrected chi connectivity index (χ3v) is 3.42. The summed E-state index contributed by atoms with van der Waals surface area (Å²) in [6.45, 7) is 3.87. The van der Waals surface area contributed by atoms with E-state index in [9.17, 15) is 9.18 Å². The zero-order valence-corrected chi connectivity index (χ0v) is 12.8. The van der Waals surface area contributed by atoms with Gasteiger partial charge in [-0.25, -0.2) is 4.39 Å². The van der Waals surface area contributed by atoms with Crippen molar-refractivity contribution < 1.29 is 13.9 Å². The van der Waals surface area contributed by atoms with Crippen LogP contribution in [0.3, 0.4) is 0 Å². The van der Waals surface area contributed by atoms with Gasteiger partial charge in [-0.3, -0.25) is 4.79 Å². The lowest BCUT2D eigenvalue weighted by molar-refractivity contribution is -0.123. The minimum absolute atomic E-state index is 0.0430. The van der Waals surface area contributed by atoms with E-state index in [1.165, 1.54) is 12.1 Å². The normalized spacial score (nSPS) is 11.8. The quantitative estimate of drug-likeness (QED) is 0.884. The minimum atomic E-state index is -0.290. The van der Waals surface area contributed by atoms with E-state index < -0.39 is 0 Å². The molecule has 0 saturated heterocycles. The molecule has 1 N–H and O–H groups in total. The van der Waals surface area contributed by atoms with Crippen LogP contribution in [0.4, 0.5) is 4.39 Å². The monoisotopic (exact) mass is 301 g/mol. The first-order chi connectivity index (χ1) is 10.6. The second-order valence-corrected chi connectivity index (χ2v) is 5.13. The number of nitrogens with one attached hydrogen (secondary N) is 1. The Kier molecular flexibility index (Phi) is 5.53. The number of hydrogen-bond donors (Lipinski definition) is 1. The maximum Gasteiger partial charge on any atom is 0.258 e. The van der Waals surface area contributed by atoms with E-state index in [0.29, 0.717) is 5.75 Å². The molecule has 1 unspecified atom stereocenters. The molecule has 0 aliphatic carbocycles. The summed E-state index contributed by atoms with van der Waals surface area (Å²) in [6, 6.07) is 13.6. The van der Waals surface area contributed by atoms with Crippen molar-refractivity contribution in [3.63, 3.8) is 0 Å². The Labute approximate surface area is 130 Å². The molecule has 2 aromatic carbocycles. The van der Waals surface area contributed by atoms with Gasteiger partial charge < -0.3 is 10.1 Å². The summed E-state index contributed by atoms with van der Waals surface area (Å²) in [5, 5.41) is 2.83. The minimum Gasteiger partial charge on any atom is -0.484 e. The molecule has 116 valence electrons. The van der Waals surface area contributed by atoms with Crippen molar-refractivity contribution >= 4 is 5.91 Å². The van der Waals surface area contributed by atoms with Gasteiger partial charge in [-0.05, 0) is 48.7 Å². The summed E-state index contributed by atoms with van der Waals surface area (Å²) in [6.07, 6.45) is 0.922. The SMILES string of the molecule is CCc1cccc(OCC(=O)NC(C)c2ccc(F)cc2)c1. The Balaban J connectivity index is 1.85. The standard InChI is InChI=1S/C18H20FNO2/c1-3-14-5-4-6-17(11-14)22-12-18(21)20-13(2)15-7-9-16(19)10-8-15/h4-11,13H,3,12H2,1-2H3,(H,20,21). The zero-order valence-electron chi connectivity index (χ0n) is 12.8. The summed E-state index contributed by atoms with van der Waals surface area (Å²) >= 11 is 0. The lowest BCUT2D eigenvalue weighted by Crippen LogP contribution is -2.31. The number of aryl methyl sites for hydroxylation is 1. The van der Waals surface area contributed by atoms with Gasteiger partial charge in [0.25, 0.3) is 5.91 Å². The topological polar surface area (TPSA) is 38.3 Å². The molecule has 0 aliphatic heterocycles. The molecule has 0 aromatic heterocycles. The van der Waals surface area contributed by atoms with Crippen molar-refractivity contribution in [1.82, 2.24) is 5.32 Å². The maximum absolute atomic E-state index is 12.9. The fourth-order valence-electron chi connectivity index (χ4n) is 2.12. The molecule has 0 heterocycles. The third kappa shape index (κ3) is 4.58.